The Morgan fingerprint density at radius 2 is 1.95 bits per heavy atom. The van der Waals surface area contributed by atoms with Gasteiger partial charge in [0.05, 0.1) is 17.6 Å². The van der Waals surface area contributed by atoms with E-state index in [-0.39, 0.29) is 22.5 Å². The number of nitrogens with one attached hydrogen (secondary N) is 1. The van der Waals surface area contributed by atoms with Crippen molar-refractivity contribution >= 4 is 16.0 Å². The summed E-state index contributed by atoms with van der Waals surface area (Å²) in [5.41, 5.74) is 5.99. The summed E-state index contributed by atoms with van der Waals surface area (Å²) in [5.74, 6) is -0.677. The molecule has 0 heterocycles. The minimum absolute atomic E-state index is 0.0249. The van der Waals surface area contributed by atoms with Crippen molar-refractivity contribution in [3.8, 4) is 0 Å². The highest BCUT2D eigenvalue weighted by molar-refractivity contribution is 7.89. The fraction of sp³-hybridized carbons (Fsp3) is 0.500. The molecule has 21 heavy (non-hydrogen) atoms. The summed E-state index contributed by atoms with van der Waals surface area (Å²) < 4.78 is 32.3. The Kier molecular flexibility index (Phi) is 4.97. The number of sulfonamides is 1. The molecule has 0 saturated heterocycles. The van der Waals surface area contributed by atoms with Gasteiger partial charge in [0, 0.05) is 12.1 Å². The molecule has 0 amide bonds. The van der Waals surface area contributed by atoms with Crippen LogP contribution in [0.25, 0.3) is 0 Å². The number of carbonyl (C=O) groups is 1. The van der Waals surface area contributed by atoms with Gasteiger partial charge in [0.2, 0.25) is 10.0 Å². The van der Waals surface area contributed by atoms with Gasteiger partial charge in [-0.05, 0) is 25.0 Å². The largest absolute Gasteiger partial charge is 0.465 e. The van der Waals surface area contributed by atoms with Gasteiger partial charge in [-0.25, -0.2) is 17.9 Å². The Morgan fingerprint density at radius 1 is 1.29 bits per heavy atom. The van der Waals surface area contributed by atoms with Crippen LogP contribution in [0, 0.1) is 0 Å². The van der Waals surface area contributed by atoms with Crippen LogP contribution in [0.15, 0.2) is 29.2 Å². The average Bonchev–Trinajstić information content (AvgIpc) is 2.48. The Balaban J connectivity index is 2.29. The minimum atomic E-state index is -3.81. The van der Waals surface area contributed by atoms with Crippen molar-refractivity contribution in [3.05, 3.63) is 29.8 Å². The molecular weight excluding hydrogens is 292 g/mol. The number of hydrogen-bond acceptors (Lipinski definition) is 5. The smallest absolute Gasteiger partial charge is 0.339 e. The van der Waals surface area contributed by atoms with Gasteiger partial charge >= 0.3 is 5.97 Å². The van der Waals surface area contributed by atoms with Crippen molar-refractivity contribution in [1.29, 1.82) is 0 Å². The van der Waals surface area contributed by atoms with E-state index in [0.717, 1.165) is 19.3 Å². The fourth-order valence-corrected chi connectivity index (χ4v) is 4.06. The standard InChI is InChI=1S/C14H20N2O4S/c1-20-14(17)10-6-2-5-9-13(10)21(18,19)16-12-8-4-3-7-11(12)15/h2,5-6,9,11-12,16H,3-4,7-8,15H2,1H3/t11-,12-/m1/s1. The first kappa shape index (κ1) is 15.9. The first-order valence-electron chi connectivity index (χ1n) is 6.91. The molecule has 6 nitrogen and oxygen atoms in total. The highest BCUT2D eigenvalue weighted by Crippen LogP contribution is 2.21. The van der Waals surface area contributed by atoms with Crippen molar-refractivity contribution in [2.45, 2.75) is 42.7 Å². The average molecular weight is 312 g/mol. The molecule has 0 aromatic heterocycles. The molecule has 1 fully saturated rings. The molecule has 0 bridgehead atoms. The second kappa shape index (κ2) is 6.55. The number of rotatable bonds is 4. The summed E-state index contributed by atoms with van der Waals surface area (Å²) in [4.78, 5) is 11.6. The van der Waals surface area contributed by atoms with Crippen LogP contribution in [0.3, 0.4) is 0 Å². The van der Waals surface area contributed by atoms with E-state index in [1.807, 2.05) is 0 Å². The number of nitrogens with two attached hydrogens (primary N) is 1. The van der Waals surface area contributed by atoms with Crippen LogP contribution in [0.5, 0.6) is 0 Å². The SMILES string of the molecule is COC(=O)c1ccccc1S(=O)(=O)N[C@@H]1CCCC[C@H]1N. The van der Waals surface area contributed by atoms with Gasteiger partial charge in [-0.2, -0.15) is 0 Å². The zero-order valence-corrected chi connectivity index (χ0v) is 12.7. The van der Waals surface area contributed by atoms with Crippen LogP contribution in [-0.4, -0.2) is 33.6 Å². The van der Waals surface area contributed by atoms with E-state index in [9.17, 15) is 13.2 Å². The summed E-state index contributed by atoms with van der Waals surface area (Å²) in [6.07, 6.45) is 3.46. The van der Waals surface area contributed by atoms with Gasteiger partial charge in [0.1, 0.15) is 0 Å². The summed E-state index contributed by atoms with van der Waals surface area (Å²) >= 11 is 0. The maximum atomic E-state index is 12.5. The molecule has 116 valence electrons. The van der Waals surface area contributed by atoms with Crippen molar-refractivity contribution < 1.29 is 17.9 Å². The Bertz CT molecular complexity index is 615. The maximum absolute atomic E-state index is 12.5. The highest BCUT2D eigenvalue weighted by Gasteiger charge is 2.29. The number of benzene rings is 1. The Morgan fingerprint density at radius 3 is 2.62 bits per heavy atom. The van der Waals surface area contributed by atoms with Crippen LogP contribution in [-0.2, 0) is 14.8 Å². The fourth-order valence-electron chi connectivity index (χ4n) is 2.55. The molecule has 2 atom stereocenters. The van der Waals surface area contributed by atoms with Crippen molar-refractivity contribution in [1.82, 2.24) is 4.72 Å². The third kappa shape index (κ3) is 3.61. The maximum Gasteiger partial charge on any atom is 0.339 e. The third-order valence-electron chi connectivity index (χ3n) is 3.71. The quantitative estimate of drug-likeness (QED) is 0.809. The van der Waals surface area contributed by atoms with Crippen molar-refractivity contribution in [2.24, 2.45) is 5.73 Å². The van der Waals surface area contributed by atoms with Crippen LogP contribution < -0.4 is 10.5 Å². The molecule has 0 aliphatic heterocycles. The molecule has 3 N–H and O–H groups in total. The third-order valence-corrected chi connectivity index (χ3v) is 5.26. The zero-order chi connectivity index (χ0) is 15.5. The molecule has 2 rings (SSSR count). The lowest BCUT2D eigenvalue weighted by Crippen LogP contribution is -2.49. The predicted molar refractivity (Wildman–Crippen MR) is 78.3 cm³/mol. The van der Waals surface area contributed by atoms with E-state index in [1.165, 1.54) is 19.2 Å². The number of ether oxygens (including phenoxy) is 1. The van der Waals surface area contributed by atoms with Crippen LogP contribution in [0.4, 0.5) is 0 Å². The Labute approximate surface area is 124 Å². The number of methoxy groups -OCH3 is 1. The molecule has 1 aliphatic carbocycles. The first-order chi connectivity index (χ1) is 9.95. The number of esters is 1. The first-order valence-corrected chi connectivity index (χ1v) is 8.39. The molecule has 1 aliphatic rings. The second-order valence-electron chi connectivity index (χ2n) is 5.16. The molecular formula is C14H20N2O4S. The van der Waals surface area contributed by atoms with Crippen LogP contribution in [0.1, 0.15) is 36.0 Å². The lowest BCUT2D eigenvalue weighted by Gasteiger charge is -2.29. The molecule has 1 aromatic rings. The van der Waals surface area contributed by atoms with E-state index in [1.54, 1.807) is 12.1 Å². The van der Waals surface area contributed by atoms with Gasteiger partial charge in [0.25, 0.3) is 0 Å². The van der Waals surface area contributed by atoms with E-state index in [4.69, 9.17) is 5.73 Å². The van der Waals surface area contributed by atoms with Gasteiger partial charge in [-0.15, -0.1) is 0 Å². The zero-order valence-electron chi connectivity index (χ0n) is 11.9. The summed E-state index contributed by atoms with van der Waals surface area (Å²) in [5, 5.41) is 0. The molecule has 1 aromatic carbocycles. The van der Waals surface area contributed by atoms with Crippen LogP contribution in [0.2, 0.25) is 0 Å². The molecule has 0 unspecified atom stereocenters. The molecule has 7 heteroatoms. The minimum Gasteiger partial charge on any atom is -0.465 e. The van der Waals surface area contributed by atoms with E-state index < -0.39 is 16.0 Å². The van der Waals surface area contributed by atoms with Gasteiger partial charge in [-0.1, -0.05) is 25.0 Å². The lowest BCUT2D eigenvalue weighted by atomic mass is 9.92. The highest BCUT2D eigenvalue weighted by atomic mass is 32.2. The lowest BCUT2D eigenvalue weighted by molar-refractivity contribution is 0.0596. The molecule has 0 radical (unpaired) electrons. The van der Waals surface area contributed by atoms with Crippen molar-refractivity contribution in [2.75, 3.05) is 7.11 Å². The topological polar surface area (TPSA) is 98.5 Å². The normalized spacial score (nSPS) is 22.8. The second-order valence-corrected chi connectivity index (χ2v) is 6.85. The van der Waals surface area contributed by atoms with Crippen molar-refractivity contribution in [3.63, 3.8) is 0 Å². The van der Waals surface area contributed by atoms with Gasteiger partial charge in [-0.3, -0.25) is 0 Å². The van der Waals surface area contributed by atoms with E-state index in [2.05, 4.69) is 9.46 Å². The number of carbonyl (C=O) groups excluding carboxylic acids is 1. The number of hydrogen-bond donors (Lipinski definition) is 2. The summed E-state index contributed by atoms with van der Waals surface area (Å²) in [6, 6.07) is 5.50. The molecule has 1 saturated carbocycles. The van der Waals surface area contributed by atoms with Gasteiger partial charge in [0.15, 0.2) is 0 Å². The van der Waals surface area contributed by atoms with E-state index >= 15 is 0 Å². The van der Waals surface area contributed by atoms with Crippen LogP contribution >= 0.6 is 0 Å². The predicted octanol–water partition coefficient (Wildman–Crippen LogP) is 1.02. The molecule has 0 spiro atoms. The summed E-state index contributed by atoms with van der Waals surface area (Å²) in [6.45, 7) is 0. The van der Waals surface area contributed by atoms with Gasteiger partial charge < -0.3 is 10.5 Å². The Hall–Kier alpha value is -1.44. The summed E-state index contributed by atoms with van der Waals surface area (Å²) in [7, 11) is -2.59. The monoisotopic (exact) mass is 312 g/mol. The van der Waals surface area contributed by atoms with E-state index in [0.29, 0.717) is 6.42 Å².